The molecule has 2 aromatic rings. The fourth-order valence-corrected chi connectivity index (χ4v) is 3.63. The number of likely N-dealkylation sites (N-methyl/N-ethyl adjacent to an activating group) is 1. The SMILES string of the molecule is Cc1cc(C)c(CN2CCN(C)[C@@H](CCO)C2)c(-n2cccn2)c1. The molecule has 0 spiro atoms. The zero-order valence-corrected chi connectivity index (χ0v) is 14.9. The summed E-state index contributed by atoms with van der Waals surface area (Å²) in [6.07, 6.45) is 4.68. The fraction of sp³-hybridized carbons (Fsp3) is 0.526. The summed E-state index contributed by atoms with van der Waals surface area (Å²) < 4.78 is 1.97. The molecule has 1 aromatic heterocycles. The van der Waals surface area contributed by atoms with Gasteiger partial charge < -0.3 is 10.0 Å². The molecule has 0 unspecified atom stereocenters. The van der Waals surface area contributed by atoms with Gasteiger partial charge in [-0.05, 0) is 56.1 Å². The fourth-order valence-electron chi connectivity index (χ4n) is 3.63. The second kappa shape index (κ2) is 7.47. The van der Waals surface area contributed by atoms with Gasteiger partial charge in [-0.25, -0.2) is 4.68 Å². The Morgan fingerprint density at radius 1 is 1.25 bits per heavy atom. The summed E-state index contributed by atoms with van der Waals surface area (Å²) in [7, 11) is 2.16. The van der Waals surface area contributed by atoms with Crippen LogP contribution in [0.3, 0.4) is 0 Å². The molecule has 2 heterocycles. The monoisotopic (exact) mass is 328 g/mol. The molecule has 0 saturated carbocycles. The van der Waals surface area contributed by atoms with E-state index in [0.29, 0.717) is 6.04 Å². The Kier molecular flexibility index (Phi) is 5.33. The minimum absolute atomic E-state index is 0.255. The quantitative estimate of drug-likeness (QED) is 0.912. The normalized spacial score (nSPS) is 19.8. The largest absolute Gasteiger partial charge is 0.396 e. The standard InChI is InChI=1S/C19H28N4O/c1-15-11-16(2)18(19(12-15)23-7-4-6-20-23)14-22-9-8-21(3)17(13-22)5-10-24/h4,6-7,11-12,17,24H,5,8-10,13-14H2,1-3H3/t17-/m0/s1. The molecule has 1 N–H and O–H groups in total. The molecule has 1 aromatic carbocycles. The number of nitrogens with zero attached hydrogens (tertiary/aromatic N) is 4. The lowest BCUT2D eigenvalue weighted by Crippen LogP contribution is -2.51. The predicted octanol–water partition coefficient (Wildman–Crippen LogP) is 1.99. The number of hydrogen-bond donors (Lipinski definition) is 1. The first kappa shape index (κ1) is 17.1. The molecule has 1 saturated heterocycles. The van der Waals surface area contributed by atoms with Crippen molar-refractivity contribution in [2.45, 2.75) is 32.9 Å². The van der Waals surface area contributed by atoms with Gasteiger partial charge >= 0.3 is 0 Å². The number of aliphatic hydroxyl groups is 1. The van der Waals surface area contributed by atoms with Crippen molar-refractivity contribution in [3.8, 4) is 5.69 Å². The highest BCUT2D eigenvalue weighted by molar-refractivity contribution is 5.48. The van der Waals surface area contributed by atoms with Gasteiger partial charge in [-0.1, -0.05) is 6.07 Å². The van der Waals surface area contributed by atoms with E-state index >= 15 is 0 Å². The topological polar surface area (TPSA) is 44.5 Å². The lowest BCUT2D eigenvalue weighted by Gasteiger charge is -2.39. The van der Waals surface area contributed by atoms with Crippen LogP contribution in [0.4, 0.5) is 0 Å². The van der Waals surface area contributed by atoms with Crippen LogP contribution in [0.2, 0.25) is 0 Å². The highest BCUT2D eigenvalue weighted by Gasteiger charge is 2.25. The maximum atomic E-state index is 9.30. The summed E-state index contributed by atoms with van der Waals surface area (Å²) in [6, 6.07) is 6.87. The lowest BCUT2D eigenvalue weighted by molar-refractivity contribution is 0.0742. The van der Waals surface area contributed by atoms with E-state index < -0.39 is 0 Å². The molecule has 1 aliphatic rings. The molecule has 0 aliphatic carbocycles. The first-order valence-electron chi connectivity index (χ1n) is 8.72. The van der Waals surface area contributed by atoms with Crippen molar-refractivity contribution >= 4 is 0 Å². The average Bonchev–Trinajstić information content (AvgIpc) is 3.07. The molecule has 1 aliphatic heterocycles. The molecule has 1 atom stereocenters. The molecule has 3 rings (SSSR count). The summed E-state index contributed by atoms with van der Waals surface area (Å²) in [4.78, 5) is 4.87. The molecule has 130 valence electrons. The minimum Gasteiger partial charge on any atom is -0.396 e. The second-order valence-corrected chi connectivity index (χ2v) is 6.91. The third-order valence-corrected chi connectivity index (χ3v) is 5.05. The van der Waals surface area contributed by atoms with E-state index in [0.717, 1.165) is 32.6 Å². The van der Waals surface area contributed by atoms with Crippen LogP contribution < -0.4 is 0 Å². The van der Waals surface area contributed by atoms with Crippen LogP contribution in [0.1, 0.15) is 23.1 Å². The molecule has 24 heavy (non-hydrogen) atoms. The number of aliphatic hydroxyl groups excluding tert-OH is 1. The molecule has 0 radical (unpaired) electrons. The van der Waals surface area contributed by atoms with Crippen molar-refractivity contribution in [2.24, 2.45) is 0 Å². The van der Waals surface area contributed by atoms with Gasteiger partial charge in [-0.15, -0.1) is 0 Å². The number of rotatable bonds is 5. The summed E-state index contributed by atoms with van der Waals surface area (Å²) in [6.45, 7) is 8.62. The van der Waals surface area contributed by atoms with Gasteiger partial charge in [0.15, 0.2) is 0 Å². The Bertz CT molecular complexity index is 668. The summed E-state index contributed by atoms with van der Waals surface area (Å²) in [5, 5.41) is 13.7. The van der Waals surface area contributed by atoms with Crippen LogP contribution in [-0.4, -0.2) is 64.0 Å². The van der Waals surface area contributed by atoms with Crippen molar-refractivity contribution in [3.63, 3.8) is 0 Å². The number of benzene rings is 1. The van der Waals surface area contributed by atoms with Crippen LogP contribution in [0.15, 0.2) is 30.6 Å². The van der Waals surface area contributed by atoms with Crippen LogP contribution in [0.25, 0.3) is 5.69 Å². The molecule has 5 heteroatoms. The van der Waals surface area contributed by atoms with Crippen molar-refractivity contribution in [1.29, 1.82) is 0 Å². The third-order valence-electron chi connectivity index (χ3n) is 5.05. The first-order chi connectivity index (χ1) is 11.6. The van der Waals surface area contributed by atoms with Crippen LogP contribution >= 0.6 is 0 Å². The predicted molar refractivity (Wildman–Crippen MR) is 96.4 cm³/mol. The molecule has 0 amide bonds. The molecule has 5 nitrogen and oxygen atoms in total. The van der Waals surface area contributed by atoms with E-state index in [1.54, 1.807) is 0 Å². The van der Waals surface area contributed by atoms with E-state index in [4.69, 9.17) is 0 Å². The second-order valence-electron chi connectivity index (χ2n) is 6.91. The number of piperazine rings is 1. The van der Waals surface area contributed by atoms with Gasteiger partial charge in [-0.2, -0.15) is 5.10 Å². The van der Waals surface area contributed by atoms with Gasteiger partial charge in [-0.3, -0.25) is 4.90 Å². The molecule has 0 bridgehead atoms. The summed E-state index contributed by atoms with van der Waals surface area (Å²) in [5.74, 6) is 0. The van der Waals surface area contributed by atoms with Gasteiger partial charge in [0.05, 0.1) is 5.69 Å². The van der Waals surface area contributed by atoms with Gasteiger partial charge in [0.25, 0.3) is 0 Å². The van der Waals surface area contributed by atoms with Crippen molar-refractivity contribution in [2.75, 3.05) is 33.3 Å². The highest BCUT2D eigenvalue weighted by Crippen LogP contribution is 2.24. The van der Waals surface area contributed by atoms with Crippen LogP contribution in [-0.2, 0) is 6.54 Å². The Hall–Kier alpha value is -1.69. The Balaban J connectivity index is 1.85. The number of aryl methyl sites for hydroxylation is 2. The average molecular weight is 328 g/mol. The van der Waals surface area contributed by atoms with Crippen molar-refractivity contribution in [1.82, 2.24) is 19.6 Å². The molecular weight excluding hydrogens is 300 g/mol. The van der Waals surface area contributed by atoms with E-state index in [-0.39, 0.29) is 6.61 Å². The summed E-state index contributed by atoms with van der Waals surface area (Å²) in [5.41, 5.74) is 5.10. The van der Waals surface area contributed by atoms with Gasteiger partial charge in [0.2, 0.25) is 0 Å². The Labute approximate surface area is 144 Å². The van der Waals surface area contributed by atoms with E-state index in [1.165, 1.54) is 22.4 Å². The molecular formula is C19H28N4O. The molecule has 1 fully saturated rings. The lowest BCUT2D eigenvalue weighted by atomic mass is 10.0. The minimum atomic E-state index is 0.255. The maximum Gasteiger partial charge on any atom is 0.0695 e. The summed E-state index contributed by atoms with van der Waals surface area (Å²) >= 11 is 0. The van der Waals surface area contributed by atoms with Gasteiger partial charge in [0, 0.05) is 51.2 Å². The third kappa shape index (κ3) is 3.69. The zero-order chi connectivity index (χ0) is 17.1. The highest BCUT2D eigenvalue weighted by atomic mass is 16.3. The Morgan fingerprint density at radius 2 is 2.08 bits per heavy atom. The first-order valence-corrected chi connectivity index (χ1v) is 8.72. The van der Waals surface area contributed by atoms with Crippen molar-refractivity contribution < 1.29 is 5.11 Å². The smallest absolute Gasteiger partial charge is 0.0695 e. The Morgan fingerprint density at radius 3 is 2.79 bits per heavy atom. The van der Waals surface area contributed by atoms with E-state index in [1.807, 2.05) is 23.1 Å². The maximum absolute atomic E-state index is 9.30. The van der Waals surface area contributed by atoms with E-state index in [2.05, 4.69) is 47.9 Å². The van der Waals surface area contributed by atoms with Crippen LogP contribution in [0, 0.1) is 13.8 Å². The van der Waals surface area contributed by atoms with Crippen LogP contribution in [0.5, 0.6) is 0 Å². The number of aromatic nitrogens is 2. The van der Waals surface area contributed by atoms with Gasteiger partial charge in [0.1, 0.15) is 0 Å². The van der Waals surface area contributed by atoms with Crippen molar-refractivity contribution in [3.05, 3.63) is 47.3 Å². The zero-order valence-electron chi connectivity index (χ0n) is 14.9. The van der Waals surface area contributed by atoms with E-state index in [9.17, 15) is 5.11 Å². The number of hydrogen-bond acceptors (Lipinski definition) is 4.